The van der Waals surface area contributed by atoms with E-state index in [0.29, 0.717) is 18.4 Å². The molecule has 1 spiro atoms. The maximum Gasteiger partial charge on any atom is 0.188 e. The molecule has 0 aromatic rings. The average molecular weight is 447 g/mol. The van der Waals surface area contributed by atoms with E-state index in [4.69, 9.17) is 28.4 Å². The van der Waals surface area contributed by atoms with Crippen LogP contribution >= 0.6 is 15.9 Å². The Morgan fingerprint density at radius 3 is 2.33 bits per heavy atom. The number of hydrogen-bond donors (Lipinski definition) is 0. The fourth-order valence-electron chi connectivity index (χ4n) is 6.58. The van der Waals surface area contributed by atoms with Crippen LogP contribution in [0.5, 0.6) is 0 Å². The molecule has 4 heterocycles. The van der Waals surface area contributed by atoms with Gasteiger partial charge in [-0.05, 0) is 46.5 Å². The second kappa shape index (κ2) is 5.90. The largest absolute Gasteiger partial charge is 0.374 e. The highest BCUT2D eigenvalue weighted by atomic mass is 79.9. The molecule has 1 aliphatic carbocycles. The third-order valence-corrected chi connectivity index (χ3v) is 8.27. The average Bonchev–Trinajstić information content (AvgIpc) is 3.32. The van der Waals surface area contributed by atoms with Crippen LogP contribution in [0.2, 0.25) is 0 Å². The number of halogens is 1. The van der Waals surface area contributed by atoms with E-state index in [0.717, 1.165) is 24.8 Å². The van der Waals surface area contributed by atoms with Gasteiger partial charge >= 0.3 is 0 Å². The summed E-state index contributed by atoms with van der Waals surface area (Å²) in [7, 11) is 0. The van der Waals surface area contributed by atoms with Crippen molar-refractivity contribution in [2.75, 3.05) is 18.5 Å². The zero-order valence-corrected chi connectivity index (χ0v) is 18.4. The van der Waals surface area contributed by atoms with Crippen LogP contribution in [0, 0.1) is 17.3 Å². The summed E-state index contributed by atoms with van der Waals surface area (Å²) in [6.07, 6.45) is 1.26. The lowest BCUT2D eigenvalue weighted by Gasteiger charge is -2.44. The first-order chi connectivity index (χ1) is 12.6. The molecule has 5 rings (SSSR count). The minimum atomic E-state index is -0.637. The zero-order valence-electron chi connectivity index (χ0n) is 16.8. The first-order valence-corrected chi connectivity index (χ1v) is 11.3. The molecule has 154 valence electrons. The van der Waals surface area contributed by atoms with Gasteiger partial charge in [0.15, 0.2) is 17.9 Å². The first-order valence-electron chi connectivity index (χ1n) is 10.2. The Bertz CT molecular complexity index is 626. The van der Waals surface area contributed by atoms with Crippen molar-refractivity contribution < 1.29 is 28.4 Å². The smallest absolute Gasteiger partial charge is 0.188 e. The van der Waals surface area contributed by atoms with Crippen molar-refractivity contribution in [2.24, 2.45) is 17.3 Å². The van der Waals surface area contributed by atoms with Gasteiger partial charge in [-0.3, -0.25) is 0 Å². The van der Waals surface area contributed by atoms with Crippen LogP contribution in [-0.2, 0) is 28.4 Å². The summed E-state index contributed by atoms with van der Waals surface area (Å²) in [5.41, 5.74) is -0.364. The van der Waals surface area contributed by atoms with E-state index >= 15 is 0 Å². The molecular weight excluding hydrogens is 416 g/mol. The molecule has 0 bridgehead atoms. The van der Waals surface area contributed by atoms with Crippen LogP contribution in [-0.4, -0.2) is 60.3 Å². The highest BCUT2D eigenvalue weighted by Crippen LogP contribution is 2.67. The Balaban J connectivity index is 1.57. The van der Waals surface area contributed by atoms with Crippen molar-refractivity contribution in [1.29, 1.82) is 0 Å². The second-order valence-electron chi connectivity index (χ2n) is 9.93. The Labute approximate surface area is 169 Å². The van der Waals surface area contributed by atoms with E-state index in [2.05, 4.69) is 22.9 Å². The molecule has 7 heteroatoms. The predicted octanol–water partition coefficient (Wildman–Crippen LogP) is 3.21. The Morgan fingerprint density at radius 2 is 1.67 bits per heavy atom. The molecule has 0 amide bonds. The summed E-state index contributed by atoms with van der Waals surface area (Å²) in [6, 6.07) is 0. The molecule has 0 N–H and O–H groups in total. The van der Waals surface area contributed by atoms with E-state index in [1.54, 1.807) is 0 Å². The van der Waals surface area contributed by atoms with Gasteiger partial charge in [-0.1, -0.05) is 22.9 Å². The molecule has 4 aliphatic heterocycles. The summed E-state index contributed by atoms with van der Waals surface area (Å²) in [5.74, 6) is -0.467. The molecule has 6 nitrogen and oxygen atoms in total. The topological polar surface area (TPSA) is 55.4 Å². The second-order valence-corrected chi connectivity index (χ2v) is 10.5. The lowest BCUT2D eigenvalue weighted by molar-refractivity contribution is -0.242. The number of rotatable bonds is 2. The standard InChI is InChI=1S/C20H31BrO6/c1-11-8-23-19(10-21)6-7-20(13(11)19)14(12-9-22-17(2,3)25-12)24-16-15(20)26-18(4,5)27-16/h11-16H,6-10H2,1-5H3/t11-,12-,13-,14-,15+,16-,19-,20-/m1/s1. The van der Waals surface area contributed by atoms with Crippen molar-refractivity contribution in [3.63, 3.8) is 0 Å². The van der Waals surface area contributed by atoms with Gasteiger partial charge in [0.25, 0.3) is 0 Å². The quantitative estimate of drug-likeness (QED) is 0.606. The molecule has 0 aromatic heterocycles. The summed E-state index contributed by atoms with van der Waals surface area (Å²) in [6.45, 7) is 11.5. The van der Waals surface area contributed by atoms with Gasteiger partial charge in [0.1, 0.15) is 12.2 Å². The molecule has 0 radical (unpaired) electrons. The minimum absolute atomic E-state index is 0.111. The maximum absolute atomic E-state index is 6.56. The Hall–Kier alpha value is 0.240. The first kappa shape index (κ1) is 19.2. The number of fused-ring (bicyclic) bond motifs is 4. The van der Waals surface area contributed by atoms with E-state index < -0.39 is 11.6 Å². The van der Waals surface area contributed by atoms with Crippen molar-refractivity contribution in [1.82, 2.24) is 0 Å². The van der Waals surface area contributed by atoms with Gasteiger partial charge < -0.3 is 28.4 Å². The van der Waals surface area contributed by atoms with Gasteiger partial charge in [0.05, 0.1) is 24.9 Å². The molecule has 5 fully saturated rings. The monoisotopic (exact) mass is 446 g/mol. The lowest BCUT2D eigenvalue weighted by atomic mass is 9.63. The predicted molar refractivity (Wildman–Crippen MR) is 100 cm³/mol. The van der Waals surface area contributed by atoms with Crippen LogP contribution in [0.25, 0.3) is 0 Å². The third-order valence-electron chi connectivity index (χ3n) is 7.32. The highest BCUT2D eigenvalue weighted by Gasteiger charge is 2.75. The zero-order chi connectivity index (χ0) is 19.2. The SMILES string of the molecule is C[C@@H]1CO[C@@]2(CBr)CC[C@]3([C@@H]([C@H]4COC(C)(C)O4)O[C@@H]4OC(C)(C)O[C@@H]43)[C@H]12. The summed E-state index contributed by atoms with van der Waals surface area (Å²) in [5, 5.41) is 0.832. The van der Waals surface area contributed by atoms with Crippen LogP contribution in [0.15, 0.2) is 0 Å². The normalized spacial score (nSPS) is 55.3. The molecule has 27 heavy (non-hydrogen) atoms. The molecular formula is C20H31BrO6. The van der Waals surface area contributed by atoms with E-state index in [9.17, 15) is 0 Å². The van der Waals surface area contributed by atoms with Gasteiger partial charge in [0.2, 0.25) is 0 Å². The number of hydrogen-bond acceptors (Lipinski definition) is 6. The highest BCUT2D eigenvalue weighted by molar-refractivity contribution is 9.09. The van der Waals surface area contributed by atoms with Gasteiger partial charge in [-0.15, -0.1) is 0 Å². The molecule has 4 saturated heterocycles. The third kappa shape index (κ3) is 2.58. The van der Waals surface area contributed by atoms with Crippen LogP contribution in [0.3, 0.4) is 0 Å². The van der Waals surface area contributed by atoms with Crippen molar-refractivity contribution in [2.45, 2.75) is 89.2 Å². The summed E-state index contributed by atoms with van der Waals surface area (Å²) in [4.78, 5) is 0. The van der Waals surface area contributed by atoms with Gasteiger partial charge in [-0.25, -0.2) is 0 Å². The van der Waals surface area contributed by atoms with Crippen LogP contribution in [0.1, 0.15) is 47.5 Å². The fourth-order valence-corrected chi connectivity index (χ4v) is 7.37. The Morgan fingerprint density at radius 1 is 0.889 bits per heavy atom. The molecule has 8 atom stereocenters. The van der Waals surface area contributed by atoms with E-state index in [1.165, 1.54) is 0 Å². The molecule has 0 aromatic carbocycles. The van der Waals surface area contributed by atoms with Gasteiger partial charge in [0, 0.05) is 16.7 Å². The van der Waals surface area contributed by atoms with E-state index in [-0.39, 0.29) is 35.6 Å². The summed E-state index contributed by atoms with van der Waals surface area (Å²) >= 11 is 3.75. The maximum atomic E-state index is 6.56. The molecule has 0 unspecified atom stereocenters. The van der Waals surface area contributed by atoms with Gasteiger partial charge in [-0.2, -0.15) is 0 Å². The lowest BCUT2D eigenvalue weighted by Crippen LogP contribution is -2.54. The molecule has 1 saturated carbocycles. The minimum Gasteiger partial charge on any atom is -0.374 e. The number of alkyl halides is 1. The van der Waals surface area contributed by atoms with Crippen LogP contribution < -0.4 is 0 Å². The van der Waals surface area contributed by atoms with Crippen LogP contribution in [0.4, 0.5) is 0 Å². The summed E-state index contributed by atoms with van der Waals surface area (Å²) < 4.78 is 37.8. The molecule has 5 aliphatic rings. The number of ether oxygens (including phenoxy) is 6. The Kier molecular flexibility index (Phi) is 4.20. The van der Waals surface area contributed by atoms with Crippen molar-refractivity contribution >= 4 is 15.9 Å². The van der Waals surface area contributed by atoms with Crippen molar-refractivity contribution in [3.8, 4) is 0 Å². The van der Waals surface area contributed by atoms with E-state index in [1.807, 2.05) is 27.7 Å². The fraction of sp³-hybridized carbons (Fsp3) is 1.00. The van der Waals surface area contributed by atoms with Crippen molar-refractivity contribution in [3.05, 3.63) is 0 Å².